The van der Waals surface area contributed by atoms with Crippen LogP contribution in [0.25, 0.3) is 0 Å². The van der Waals surface area contributed by atoms with Gasteiger partial charge in [-0.05, 0) is 49.5 Å². The highest BCUT2D eigenvalue weighted by molar-refractivity contribution is 5.90. The van der Waals surface area contributed by atoms with E-state index in [2.05, 4.69) is 11.0 Å². The molecule has 16 heavy (non-hydrogen) atoms. The molecule has 0 radical (unpaired) electrons. The summed E-state index contributed by atoms with van der Waals surface area (Å²) in [5, 5.41) is 9.13. The van der Waals surface area contributed by atoms with Gasteiger partial charge in [0.2, 0.25) is 0 Å². The van der Waals surface area contributed by atoms with Crippen molar-refractivity contribution in [3.8, 4) is 0 Å². The molecule has 3 nitrogen and oxygen atoms in total. The molecule has 1 atom stereocenters. The Hall–Kier alpha value is -1.35. The molecule has 1 heterocycles. The van der Waals surface area contributed by atoms with Gasteiger partial charge in [0.1, 0.15) is 0 Å². The molecule has 0 spiro atoms. The zero-order chi connectivity index (χ0) is 11.1. The van der Waals surface area contributed by atoms with Gasteiger partial charge in [-0.2, -0.15) is 0 Å². The molecule has 1 aromatic rings. The van der Waals surface area contributed by atoms with Gasteiger partial charge in [0, 0.05) is 6.04 Å². The number of carbonyl (C=O) groups is 1. The summed E-state index contributed by atoms with van der Waals surface area (Å²) in [6.45, 7) is 2.36. The highest BCUT2D eigenvalue weighted by Gasteiger charge is 2.31. The molecule has 0 amide bonds. The van der Waals surface area contributed by atoms with Crippen molar-refractivity contribution in [2.24, 2.45) is 0 Å². The highest BCUT2D eigenvalue weighted by atomic mass is 16.4. The summed E-state index contributed by atoms with van der Waals surface area (Å²) in [6, 6.07) is 6.20. The molecule has 1 saturated heterocycles. The van der Waals surface area contributed by atoms with Gasteiger partial charge >= 0.3 is 5.97 Å². The van der Waals surface area contributed by atoms with Crippen molar-refractivity contribution in [1.82, 2.24) is 4.90 Å². The number of likely N-dealkylation sites (tertiary alicyclic amines) is 1. The summed E-state index contributed by atoms with van der Waals surface area (Å²) in [6.07, 6.45) is 3.23. The Morgan fingerprint density at radius 1 is 1.31 bits per heavy atom. The Kier molecular flexibility index (Phi) is 2.21. The van der Waals surface area contributed by atoms with Crippen LogP contribution in [0, 0.1) is 0 Å². The third kappa shape index (κ3) is 1.43. The number of nitrogens with zero attached hydrogens (tertiary/aromatic N) is 1. The molecule has 84 valence electrons. The van der Waals surface area contributed by atoms with Crippen LogP contribution in [0.1, 0.15) is 27.9 Å². The quantitative estimate of drug-likeness (QED) is 0.817. The zero-order valence-electron chi connectivity index (χ0n) is 9.15. The number of carboxylic acid groups (broad SMARTS) is 1. The van der Waals surface area contributed by atoms with Gasteiger partial charge in [-0.15, -0.1) is 0 Å². The first kappa shape index (κ1) is 9.85. The first-order valence-electron chi connectivity index (χ1n) is 5.84. The SMILES string of the molecule is O=C(O)c1cccc2c1CC(N1CCC1)C2. The fraction of sp³-hybridized carbons (Fsp3) is 0.462. The lowest BCUT2D eigenvalue weighted by molar-refractivity contribution is 0.0695. The van der Waals surface area contributed by atoms with Gasteiger partial charge in [0.05, 0.1) is 5.56 Å². The number of fused-ring (bicyclic) bond motifs is 1. The third-order valence-corrected chi connectivity index (χ3v) is 3.81. The number of aromatic carboxylic acids is 1. The van der Waals surface area contributed by atoms with Crippen LogP contribution in [0.4, 0.5) is 0 Å². The third-order valence-electron chi connectivity index (χ3n) is 3.81. The van der Waals surface area contributed by atoms with E-state index in [0.29, 0.717) is 11.6 Å². The minimum absolute atomic E-state index is 0.500. The molecule has 1 N–H and O–H groups in total. The fourth-order valence-corrected chi connectivity index (χ4v) is 2.79. The molecule has 3 heteroatoms. The number of benzene rings is 1. The number of carboxylic acids is 1. The molecule has 0 bridgehead atoms. The van der Waals surface area contributed by atoms with Crippen LogP contribution in [-0.2, 0) is 12.8 Å². The smallest absolute Gasteiger partial charge is 0.335 e. The lowest BCUT2D eigenvalue weighted by atomic mass is 10.0. The summed E-state index contributed by atoms with van der Waals surface area (Å²) >= 11 is 0. The van der Waals surface area contributed by atoms with Crippen LogP contribution in [-0.4, -0.2) is 35.1 Å². The van der Waals surface area contributed by atoms with E-state index in [4.69, 9.17) is 5.11 Å². The topological polar surface area (TPSA) is 40.5 Å². The lowest BCUT2D eigenvalue weighted by Crippen LogP contribution is -2.45. The molecular weight excluding hydrogens is 202 g/mol. The molecule has 2 aliphatic rings. The van der Waals surface area contributed by atoms with Crippen molar-refractivity contribution in [2.75, 3.05) is 13.1 Å². The molecular formula is C13H15NO2. The van der Waals surface area contributed by atoms with Crippen LogP contribution in [0.5, 0.6) is 0 Å². The summed E-state index contributed by atoms with van der Waals surface area (Å²) in [5.74, 6) is -0.791. The molecule has 1 aliphatic carbocycles. The second-order valence-corrected chi connectivity index (χ2v) is 4.70. The van der Waals surface area contributed by atoms with Gasteiger partial charge in [-0.3, -0.25) is 4.90 Å². The van der Waals surface area contributed by atoms with Gasteiger partial charge in [0.25, 0.3) is 0 Å². The van der Waals surface area contributed by atoms with Crippen LogP contribution in [0.3, 0.4) is 0 Å². The van der Waals surface area contributed by atoms with Crippen molar-refractivity contribution in [2.45, 2.75) is 25.3 Å². The predicted molar refractivity (Wildman–Crippen MR) is 60.8 cm³/mol. The van der Waals surface area contributed by atoms with Gasteiger partial charge in [-0.25, -0.2) is 4.79 Å². The first-order valence-corrected chi connectivity index (χ1v) is 5.84. The monoisotopic (exact) mass is 217 g/mol. The van der Waals surface area contributed by atoms with Crippen molar-refractivity contribution in [3.05, 3.63) is 34.9 Å². The van der Waals surface area contributed by atoms with E-state index in [1.165, 1.54) is 25.1 Å². The van der Waals surface area contributed by atoms with E-state index in [1.807, 2.05) is 6.07 Å². The minimum atomic E-state index is -0.791. The van der Waals surface area contributed by atoms with Crippen LogP contribution in [0.2, 0.25) is 0 Å². The molecule has 1 aromatic carbocycles. The summed E-state index contributed by atoms with van der Waals surface area (Å²) < 4.78 is 0. The lowest BCUT2D eigenvalue weighted by Gasteiger charge is -2.36. The Morgan fingerprint density at radius 3 is 2.75 bits per heavy atom. The second-order valence-electron chi connectivity index (χ2n) is 4.70. The van der Waals surface area contributed by atoms with Crippen molar-refractivity contribution >= 4 is 5.97 Å². The van der Waals surface area contributed by atoms with E-state index >= 15 is 0 Å². The Balaban J connectivity index is 1.90. The largest absolute Gasteiger partial charge is 0.478 e. The number of hydrogen-bond acceptors (Lipinski definition) is 2. The van der Waals surface area contributed by atoms with E-state index in [0.717, 1.165) is 18.4 Å². The normalized spacial score (nSPS) is 23.9. The van der Waals surface area contributed by atoms with Crippen molar-refractivity contribution in [3.63, 3.8) is 0 Å². The second kappa shape index (κ2) is 3.59. The first-order chi connectivity index (χ1) is 7.75. The van der Waals surface area contributed by atoms with E-state index in [-0.39, 0.29) is 0 Å². The fourth-order valence-electron chi connectivity index (χ4n) is 2.79. The average Bonchev–Trinajstić information content (AvgIpc) is 2.56. The van der Waals surface area contributed by atoms with Crippen LogP contribution >= 0.6 is 0 Å². The number of rotatable bonds is 2. The zero-order valence-corrected chi connectivity index (χ0v) is 9.15. The molecule has 1 unspecified atom stereocenters. The maximum atomic E-state index is 11.1. The molecule has 0 aromatic heterocycles. The van der Waals surface area contributed by atoms with Gasteiger partial charge in [-0.1, -0.05) is 12.1 Å². The molecule has 3 rings (SSSR count). The number of hydrogen-bond donors (Lipinski definition) is 1. The highest BCUT2D eigenvalue weighted by Crippen LogP contribution is 2.30. The van der Waals surface area contributed by atoms with Gasteiger partial charge < -0.3 is 5.11 Å². The van der Waals surface area contributed by atoms with E-state index in [1.54, 1.807) is 6.07 Å². The average molecular weight is 217 g/mol. The van der Waals surface area contributed by atoms with Gasteiger partial charge in [0.15, 0.2) is 0 Å². The van der Waals surface area contributed by atoms with Crippen LogP contribution in [0.15, 0.2) is 18.2 Å². The van der Waals surface area contributed by atoms with Crippen LogP contribution < -0.4 is 0 Å². The minimum Gasteiger partial charge on any atom is -0.478 e. The molecule has 0 saturated carbocycles. The van der Waals surface area contributed by atoms with Crippen molar-refractivity contribution < 1.29 is 9.90 Å². The standard InChI is InChI=1S/C13H15NO2/c15-13(16)11-4-1-3-9-7-10(8-12(9)11)14-5-2-6-14/h1,3-4,10H,2,5-8H2,(H,15,16). The molecule has 1 fully saturated rings. The van der Waals surface area contributed by atoms with Crippen molar-refractivity contribution in [1.29, 1.82) is 0 Å². The van der Waals surface area contributed by atoms with E-state index < -0.39 is 5.97 Å². The Morgan fingerprint density at radius 2 is 2.12 bits per heavy atom. The maximum Gasteiger partial charge on any atom is 0.335 e. The summed E-state index contributed by atoms with van der Waals surface area (Å²) in [5.41, 5.74) is 2.80. The van der Waals surface area contributed by atoms with E-state index in [9.17, 15) is 4.79 Å². The molecule has 1 aliphatic heterocycles. The Bertz CT molecular complexity index is 438. The summed E-state index contributed by atoms with van der Waals surface area (Å²) in [4.78, 5) is 13.6. The summed E-state index contributed by atoms with van der Waals surface area (Å²) in [7, 11) is 0. The Labute approximate surface area is 94.7 Å². The predicted octanol–water partition coefficient (Wildman–Crippen LogP) is 1.56. The maximum absolute atomic E-state index is 11.1.